The quantitative estimate of drug-likeness (QED) is 0.816. The summed E-state index contributed by atoms with van der Waals surface area (Å²) in [5.74, 6) is 0. The van der Waals surface area contributed by atoms with Gasteiger partial charge in [0.2, 0.25) is 0 Å². The van der Waals surface area contributed by atoms with Crippen LogP contribution in [-0.4, -0.2) is 31.8 Å². The van der Waals surface area contributed by atoms with Crippen LogP contribution < -0.4 is 5.32 Å². The first-order valence-corrected chi connectivity index (χ1v) is 7.62. The Morgan fingerprint density at radius 3 is 2.42 bits per heavy atom. The van der Waals surface area contributed by atoms with Gasteiger partial charge in [-0.3, -0.25) is 4.68 Å². The molecule has 0 aliphatic rings. The van der Waals surface area contributed by atoms with Crippen LogP contribution >= 0.6 is 11.8 Å². The van der Waals surface area contributed by atoms with E-state index in [9.17, 15) is 5.11 Å². The fourth-order valence-electron chi connectivity index (χ4n) is 1.66. The lowest BCUT2D eigenvalue weighted by atomic mass is 10.1. The number of aliphatic hydroxyl groups is 1. The maximum absolute atomic E-state index is 9.66. The highest BCUT2D eigenvalue weighted by molar-refractivity contribution is 8.00. The van der Waals surface area contributed by atoms with E-state index >= 15 is 0 Å². The van der Waals surface area contributed by atoms with Crippen molar-refractivity contribution < 1.29 is 5.11 Å². The molecule has 1 heterocycles. The second kappa shape index (κ2) is 6.29. The molecule has 2 unspecified atom stereocenters. The smallest absolute Gasteiger partial charge is 0.0987 e. The third-order valence-corrected chi connectivity index (χ3v) is 4.56. The maximum Gasteiger partial charge on any atom is 0.0987 e. The van der Waals surface area contributed by atoms with E-state index in [1.54, 1.807) is 11.8 Å². The Morgan fingerprint density at radius 2 is 1.95 bits per heavy atom. The summed E-state index contributed by atoms with van der Waals surface area (Å²) in [7, 11) is 1.96. The Hall–Kier alpha value is -0.520. The molecule has 1 aromatic heterocycles. The molecule has 0 saturated heterocycles. The molecule has 4 nitrogen and oxygen atoms in total. The van der Waals surface area contributed by atoms with E-state index in [0.717, 1.165) is 17.3 Å². The number of aryl methyl sites for hydroxylation is 2. The summed E-state index contributed by atoms with van der Waals surface area (Å²) in [5.41, 5.74) is 2.37. The van der Waals surface area contributed by atoms with Gasteiger partial charge in [-0.15, -0.1) is 11.8 Å². The normalized spacial score (nSPS) is 15.6. The number of nitrogens with zero attached hydrogens (tertiary/aromatic N) is 2. The highest BCUT2D eigenvalue weighted by Gasteiger charge is 2.20. The van der Waals surface area contributed by atoms with Crippen molar-refractivity contribution in [3.8, 4) is 0 Å². The zero-order valence-electron chi connectivity index (χ0n) is 13.1. The number of hydrogen-bond donors (Lipinski definition) is 2. The van der Waals surface area contributed by atoms with Crippen LogP contribution in [0.3, 0.4) is 0 Å². The molecule has 19 heavy (non-hydrogen) atoms. The van der Waals surface area contributed by atoms with Crippen LogP contribution in [0.25, 0.3) is 0 Å². The molecule has 2 atom stereocenters. The van der Waals surface area contributed by atoms with Crippen LogP contribution in [0, 0.1) is 6.92 Å². The van der Waals surface area contributed by atoms with Crippen LogP contribution in [0.15, 0.2) is 5.03 Å². The van der Waals surface area contributed by atoms with E-state index in [2.05, 4.69) is 31.2 Å². The summed E-state index contributed by atoms with van der Waals surface area (Å²) in [6.07, 6.45) is -0.330. The fourth-order valence-corrected chi connectivity index (χ4v) is 2.76. The second-order valence-corrected chi connectivity index (χ2v) is 7.53. The molecule has 0 saturated carbocycles. The van der Waals surface area contributed by atoms with Crippen LogP contribution in [0.2, 0.25) is 0 Å². The molecule has 1 rings (SSSR count). The molecule has 0 radical (unpaired) electrons. The minimum Gasteiger partial charge on any atom is -0.392 e. The molecular formula is C14H27N3OS. The van der Waals surface area contributed by atoms with E-state index in [-0.39, 0.29) is 16.9 Å². The lowest BCUT2D eigenvalue weighted by Gasteiger charge is -2.21. The zero-order valence-corrected chi connectivity index (χ0v) is 13.9. The summed E-state index contributed by atoms with van der Waals surface area (Å²) in [5, 5.41) is 19.0. The summed E-state index contributed by atoms with van der Waals surface area (Å²) < 4.78 is 1.92. The summed E-state index contributed by atoms with van der Waals surface area (Å²) in [6.45, 7) is 13.2. The van der Waals surface area contributed by atoms with Crippen LogP contribution in [0.4, 0.5) is 0 Å². The molecule has 0 amide bonds. The average molecular weight is 285 g/mol. The Morgan fingerprint density at radius 1 is 1.37 bits per heavy atom. The van der Waals surface area contributed by atoms with Gasteiger partial charge in [0, 0.05) is 29.9 Å². The predicted octanol–water partition coefficient (Wildman–Crippen LogP) is 2.48. The zero-order chi connectivity index (χ0) is 14.8. The van der Waals surface area contributed by atoms with Gasteiger partial charge in [-0.25, -0.2) is 0 Å². The summed E-state index contributed by atoms with van der Waals surface area (Å²) in [6, 6.07) is 0. The van der Waals surface area contributed by atoms with Crippen molar-refractivity contribution in [2.45, 2.75) is 70.0 Å². The molecule has 0 aliphatic heterocycles. The molecule has 0 fully saturated rings. The first-order valence-electron chi connectivity index (χ1n) is 6.74. The lowest BCUT2D eigenvalue weighted by molar-refractivity contribution is 0.196. The van der Waals surface area contributed by atoms with Crippen LogP contribution in [-0.2, 0) is 13.6 Å². The number of nitrogens with one attached hydrogen (secondary N) is 1. The predicted molar refractivity (Wildman–Crippen MR) is 81.5 cm³/mol. The van der Waals surface area contributed by atoms with Crippen molar-refractivity contribution in [1.29, 1.82) is 0 Å². The number of hydrogen-bond acceptors (Lipinski definition) is 4. The van der Waals surface area contributed by atoms with E-state index in [4.69, 9.17) is 0 Å². The van der Waals surface area contributed by atoms with E-state index in [1.165, 1.54) is 5.56 Å². The molecule has 0 bridgehead atoms. The third-order valence-electron chi connectivity index (χ3n) is 3.06. The molecule has 0 spiro atoms. The number of aliphatic hydroxyl groups excluding tert-OH is 1. The van der Waals surface area contributed by atoms with Crippen molar-refractivity contribution in [1.82, 2.24) is 15.1 Å². The molecule has 2 N–H and O–H groups in total. The minimum atomic E-state index is -0.330. The van der Waals surface area contributed by atoms with Gasteiger partial charge >= 0.3 is 0 Å². The highest BCUT2D eigenvalue weighted by atomic mass is 32.2. The largest absolute Gasteiger partial charge is 0.392 e. The van der Waals surface area contributed by atoms with Crippen molar-refractivity contribution in [2.24, 2.45) is 7.05 Å². The van der Waals surface area contributed by atoms with Crippen molar-refractivity contribution in [2.75, 3.05) is 0 Å². The van der Waals surface area contributed by atoms with Crippen LogP contribution in [0.1, 0.15) is 45.9 Å². The second-order valence-electron chi connectivity index (χ2n) is 6.16. The van der Waals surface area contributed by atoms with Gasteiger partial charge < -0.3 is 10.4 Å². The number of aromatic nitrogens is 2. The van der Waals surface area contributed by atoms with E-state index < -0.39 is 0 Å². The maximum atomic E-state index is 9.66. The lowest BCUT2D eigenvalue weighted by Crippen LogP contribution is -2.35. The fraction of sp³-hybridized carbons (Fsp3) is 0.786. The van der Waals surface area contributed by atoms with E-state index in [1.807, 2.05) is 32.5 Å². The van der Waals surface area contributed by atoms with Crippen molar-refractivity contribution in [3.05, 3.63) is 11.3 Å². The molecular weight excluding hydrogens is 258 g/mol. The third kappa shape index (κ3) is 4.82. The Balaban J connectivity index is 2.91. The van der Waals surface area contributed by atoms with Gasteiger partial charge in [0.05, 0.1) is 16.8 Å². The monoisotopic (exact) mass is 285 g/mol. The molecule has 0 aliphatic carbocycles. The SMILES string of the molecule is Cc1nn(C)c(SC(C)C(C)O)c1CNC(C)(C)C. The first-order chi connectivity index (χ1) is 8.61. The Bertz CT molecular complexity index is 421. The average Bonchev–Trinajstić information content (AvgIpc) is 2.50. The molecule has 5 heteroatoms. The molecule has 1 aromatic rings. The van der Waals surface area contributed by atoms with Gasteiger partial charge in [-0.1, -0.05) is 6.92 Å². The topological polar surface area (TPSA) is 50.1 Å². The molecule has 0 aromatic carbocycles. The number of thioether (sulfide) groups is 1. The minimum absolute atomic E-state index is 0.0834. The highest BCUT2D eigenvalue weighted by Crippen LogP contribution is 2.30. The van der Waals surface area contributed by atoms with Gasteiger partial charge in [-0.2, -0.15) is 5.10 Å². The van der Waals surface area contributed by atoms with Crippen molar-refractivity contribution in [3.63, 3.8) is 0 Å². The summed E-state index contributed by atoms with van der Waals surface area (Å²) in [4.78, 5) is 0. The van der Waals surface area contributed by atoms with Gasteiger partial charge in [0.25, 0.3) is 0 Å². The van der Waals surface area contributed by atoms with Crippen LogP contribution in [0.5, 0.6) is 0 Å². The van der Waals surface area contributed by atoms with Gasteiger partial charge in [-0.05, 0) is 34.6 Å². The Kier molecular flexibility index (Phi) is 5.47. The van der Waals surface area contributed by atoms with E-state index in [0.29, 0.717) is 0 Å². The van der Waals surface area contributed by atoms with Gasteiger partial charge in [0.15, 0.2) is 0 Å². The Labute approximate surface area is 121 Å². The summed E-state index contributed by atoms with van der Waals surface area (Å²) >= 11 is 1.69. The molecule has 110 valence electrons. The first kappa shape index (κ1) is 16.5. The van der Waals surface area contributed by atoms with Gasteiger partial charge in [0.1, 0.15) is 0 Å². The standard InChI is InChI=1S/C14H27N3OS/c1-9-12(8-15-14(4,5)6)13(17(7)16-9)19-11(3)10(2)18/h10-11,15,18H,8H2,1-7H3. The van der Waals surface area contributed by atoms with Crippen molar-refractivity contribution >= 4 is 11.8 Å². The number of rotatable bonds is 5.